The lowest BCUT2D eigenvalue weighted by molar-refractivity contribution is 0.520. The van der Waals surface area contributed by atoms with Crippen LogP contribution in [-0.2, 0) is 4.52 Å². The van der Waals surface area contributed by atoms with Crippen LogP contribution in [0.1, 0.15) is 0 Å². The maximum Gasteiger partial charge on any atom is 0.122 e. The molecule has 0 spiro atoms. The van der Waals surface area contributed by atoms with Crippen molar-refractivity contribution in [3.63, 3.8) is 0 Å². The first kappa shape index (κ1) is 9.19. The SMILES string of the molecule is C=C/C=C\C(=C/C=C)OP. The normalized spacial score (nSPS) is 11.5. The summed E-state index contributed by atoms with van der Waals surface area (Å²) in [5.74, 6) is 0.736. The lowest BCUT2D eigenvalue weighted by Gasteiger charge is -1.95. The van der Waals surface area contributed by atoms with Crippen molar-refractivity contribution in [1.29, 1.82) is 0 Å². The van der Waals surface area contributed by atoms with Crippen LogP contribution < -0.4 is 0 Å². The zero-order valence-electron chi connectivity index (χ0n) is 5.79. The number of rotatable bonds is 4. The average Bonchev–Trinajstić information content (AvgIpc) is 1.98. The van der Waals surface area contributed by atoms with Crippen LogP contribution in [0.15, 0.2) is 49.3 Å². The van der Waals surface area contributed by atoms with E-state index in [1.54, 1.807) is 30.4 Å². The molecule has 0 aromatic rings. The lowest BCUT2D eigenvalue weighted by atomic mass is 10.4. The van der Waals surface area contributed by atoms with Gasteiger partial charge in [-0.25, -0.2) is 0 Å². The van der Waals surface area contributed by atoms with E-state index in [9.17, 15) is 0 Å². The highest BCUT2D eigenvalue weighted by molar-refractivity contribution is 7.10. The van der Waals surface area contributed by atoms with Gasteiger partial charge in [0.2, 0.25) is 0 Å². The Hall–Kier alpha value is -0.810. The van der Waals surface area contributed by atoms with Crippen molar-refractivity contribution in [2.24, 2.45) is 0 Å². The highest BCUT2D eigenvalue weighted by atomic mass is 31.0. The van der Waals surface area contributed by atoms with Crippen molar-refractivity contribution < 1.29 is 4.52 Å². The summed E-state index contributed by atoms with van der Waals surface area (Å²) in [6.07, 6.45) is 8.68. The molecule has 0 amide bonds. The van der Waals surface area contributed by atoms with E-state index in [0.717, 1.165) is 5.76 Å². The molecule has 0 aliphatic carbocycles. The Morgan fingerprint density at radius 3 is 2.40 bits per heavy atom. The summed E-state index contributed by atoms with van der Waals surface area (Å²) in [6, 6.07) is 0. The van der Waals surface area contributed by atoms with Gasteiger partial charge in [-0.15, -0.1) is 0 Å². The van der Waals surface area contributed by atoms with Gasteiger partial charge in [-0.2, -0.15) is 0 Å². The summed E-state index contributed by atoms with van der Waals surface area (Å²) < 4.78 is 4.86. The van der Waals surface area contributed by atoms with E-state index in [0.29, 0.717) is 0 Å². The summed E-state index contributed by atoms with van der Waals surface area (Å²) in [7, 11) is 2.16. The molecule has 0 rings (SSSR count). The molecule has 0 aliphatic rings. The van der Waals surface area contributed by atoms with Crippen molar-refractivity contribution in [2.45, 2.75) is 0 Å². The molecule has 1 unspecified atom stereocenters. The molecule has 0 saturated carbocycles. The minimum atomic E-state index is 0.736. The third-order valence-corrected chi connectivity index (χ3v) is 1.09. The Kier molecular flexibility index (Phi) is 5.80. The molecule has 1 atom stereocenters. The first-order chi connectivity index (χ1) is 4.85. The third kappa shape index (κ3) is 4.11. The second-order valence-corrected chi connectivity index (χ2v) is 1.75. The molecular formula is C8H11OP. The predicted molar refractivity (Wildman–Crippen MR) is 48.4 cm³/mol. The minimum Gasteiger partial charge on any atom is -0.480 e. The Morgan fingerprint density at radius 2 is 2.00 bits per heavy atom. The van der Waals surface area contributed by atoms with E-state index in [4.69, 9.17) is 4.52 Å². The van der Waals surface area contributed by atoms with Crippen LogP contribution in [0.25, 0.3) is 0 Å². The zero-order valence-corrected chi connectivity index (χ0v) is 6.94. The largest absolute Gasteiger partial charge is 0.480 e. The van der Waals surface area contributed by atoms with E-state index >= 15 is 0 Å². The standard InChI is InChI=1S/C8H11OP/c1-3-5-7-8(9-10)6-4-2/h3-7H,1-2,10H2/b7-5-,8-6+. The summed E-state index contributed by atoms with van der Waals surface area (Å²) in [5, 5.41) is 0. The zero-order chi connectivity index (χ0) is 7.82. The van der Waals surface area contributed by atoms with Gasteiger partial charge in [-0.1, -0.05) is 31.4 Å². The number of hydrogen-bond donors (Lipinski definition) is 0. The van der Waals surface area contributed by atoms with Crippen LogP contribution in [0, 0.1) is 0 Å². The summed E-state index contributed by atoms with van der Waals surface area (Å²) in [6.45, 7) is 7.06. The van der Waals surface area contributed by atoms with Gasteiger partial charge < -0.3 is 4.52 Å². The topological polar surface area (TPSA) is 9.23 Å². The Bertz CT molecular complexity index is 168. The molecule has 0 saturated heterocycles. The van der Waals surface area contributed by atoms with Gasteiger partial charge in [0, 0.05) is 0 Å². The molecular weight excluding hydrogens is 143 g/mol. The average molecular weight is 154 g/mol. The van der Waals surface area contributed by atoms with Gasteiger partial charge >= 0.3 is 0 Å². The fraction of sp³-hybridized carbons (Fsp3) is 0. The molecule has 54 valence electrons. The van der Waals surface area contributed by atoms with Gasteiger partial charge in [-0.3, -0.25) is 0 Å². The van der Waals surface area contributed by atoms with Gasteiger partial charge in [0.1, 0.15) is 5.76 Å². The van der Waals surface area contributed by atoms with Crippen molar-refractivity contribution in [1.82, 2.24) is 0 Å². The summed E-state index contributed by atoms with van der Waals surface area (Å²) >= 11 is 0. The second kappa shape index (κ2) is 6.31. The molecule has 0 aliphatic heterocycles. The highest BCUT2D eigenvalue weighted by Gasteiger charge is 1.82. The smallest absolute Gasteiger partial charge is 0.122 e. The van der Waals surface area contributed by atoms with E-state index in [1.807, 2.05) is 0 Å². The van der Waals surface area contributed by atoms with Gasteiger partial charge in [0.25, 0.3) is 0 Å². The molecule has 1 nitrogen and oxygen atoms in total. The van der Waals surface area contributed by atoms with Gasteiger partial charge in [0.05, 0.1) is 9.47 Å². The molecule has 10 heavy (non-hydrogen) atoms. The number of allylic oxidation sites excluding steroid dienone is 5. The van der Waals surface area contributed by atoms with Crippen LogP contribution in [0.5, 0.6) is 0 Å². The molecule has 0 bridgehead atoms. The van der Waals surface area contributed by atoms with Gasteiger partial charge in [0.15, 0.2) is 0 Å². The van der Waals surface area contributed by atoms with Crippen LogP contribution in [0.2, 0.25) is 0 Å². The molecule has 2 heteroatoms. The Labute approximate surface area is 64.1 Å². The lowest BCUT2D eigenvalue weighted by Crippen LogP contribution is -1.72. The maximum absolute atomic E-state index is 4.86. The Morgan fingerprint density at radius 1 is 1.30 bits per heavy atom. The molecule has 0 fully saturated rings. The van der Waals surface area contributed by atoms with Crippen molar-refractivity contribution >= 4 is 9.47 Å². The minimum absolute atomic E-state index is 0.736. The van der Waals surface area contributed by atoms with E-state index < -0.39 is 0 Å². The highest BCUT2D eigenvalue weighted by Crippen LogP contribution is 2.04. The van der Waals surface area contributed by atoms with E-state index in [-0.39, 0.29) is 0 Å². The third-order valence-electron chi connectivity index (χ3n) is 0.815. The van der Waals surface area contributed by atoms with Crippen LogP contribution in [-0.4, -0.2) is 0 Å². The fourth-order valence-corrected chi connectivity index (χ4v) is 0.570. The quantitative estimate of drug-likeness (QED) is 0.343. The molecule has 0 aromatic heterocycles. The van der Waals surface area contributed by atoms with Crippen LogP contribution in [0.3, 0.4) is 0 Å². The second-order valence-electron chi connectivity index (χ2n) is 1.52. The van der Waals surface area contributed by atoms with Crippen molar-refractivity contribution in [2.75, 3.05) is 0 Å². The van der Waals surface area contributed by atoms with Crippen LogP contribution >= 0.6 is 9.47 Å². The molecule has 0 aromatic carbocycles. The van der Waals surface area contributed by atoms with E-state index in [2.05, 4.69) is 22.6 Å². The summed E-state index contributed by atoms with van der Waals surface area (Å²) in [4.78, 5) is 0. The molecule has 0 radical (unpaired) electrons. The fourth-order valence-electron chi connectivity index (χ4n) is 0.413. The first-order valence-corrected chi connectivity index (χ1v) is 3.31. The molecule has 0 heterocycles. The summed E-state index contributed by atoms with van der Waals surface area (Å²) in [5.41, 5.74) is 0. The van der Waals surface area contributed by atoms with E-state index in [1.165, 1.54) is 0 Å². The van der Waals surface area contributed by atoms with Gasteiger partial charge in [-0.05, 0) is 12.2 Å². The predicted octanol–water partition coefficient (Wildman–Crippen LogP) is 2.61. The van der Waals surface area contributed by atoms with Crippen molar-refractivity contribution in [3.8, 4) is 0 Å². The Balaban J connectivity index is 4.06. The van der Waals surface area contributed by atoms with Crippen molar-refractivity contribution in [3.05, 3.63) is 49.3 Å². The maximum atomic E-state index is 4.86. The monoisotopic (exact) mass is 154 g/mol. The van der Waals surface area contributed by atoms with Crippen LogP contribution in [0.4, 0.5) is 0 Å². The first-order valence-electron chi connectivity index (χ1n) is 2.83. The molecule has 0 N–H and O–H groups in total. The number of hydrogen-bond acceptors (Lipinski definition) is 1.